The van der Waals surface area contributed by atoms with Crippen LogP contribution in [0.5, 0.6) is 0 Å². The van der Waals surface area contributed by atoms with Crippen molar-refractivity contribution < 1.29 is 0 Å². The fourth-order valence-corrected chi connectivity index (χ4v) is 3.83. The maximum Gasteiger partial charge on any atom is 0.127 e. The first-order valence-corrected chi connectivity index (χ1v) is 8.15. The lowest BCUT2D eigenvalue weighted by Gasteiger charge is -2.46. The molecule has 1 fully saturated rings. The number of nitrogens with zero attached hydrogens (tertiary/aromatic N) is 3. The third-order valence-corrected chi connectivity index (χ3v) is 5.02. The maximum absolute atomic E-state index is 4.64. The van der Waals surface area contributed by atoms with Gasteiger partial charge in [-0.3, -0.25) is 4.90 Å². The van der Waals surface area contributed by atoms with Gasteiger partial charge in [0.1, 0.15) is 5.82 Å². The predicted molar refractivity (Wildman–Crippen MR) is 83.7 cm³/mol. The monoisotopic (exact) mass is 278 g/mol. The van der Waals surface area contributed by atoms with Crippen molar-refractivity contribution in [3.05, 3.63) is 18.2 Å². The highest BCUT2D eigenvalue weighted by molar-refractivity contribution is 5.11. The molecule has 0 spiro atoms. The molecule has 20 heavy (non-hydrogen) atoms. The molecule has 1 aliphatic rings. The van der Waals surface area contributed by atoms with Gasteiger partial charge in [0.25, 0.3) is 0 Å². The first-order chi connectivity index (χ1) is 9.69. The number of nitrogens with one attached hydrogen (secondary N) is 1. The van der Waals surface area contributed by atoms with Crippen LogP contribution >= 0.6 is 0 Å². The third-order valence-electron chi connectivity index (χ3n) is 5.02. The van der Waals surface area contributed by atoms with Gasteiger partial charge < -0.3 is 9.88 Å². The summed E-state index contributed by atoms with van der Waals surface area (Å²) in [5, 5.41) is 3.72. The molecule has 0 saturated carbocycles. The first-order valence-electron chi connectivity index (χ1n) is 8.15. The number of aryl methyl sites for hydroxylation is 1. The molecule has 2 heterocycles. The predicted octanol–water partition coefficient (Wildman–Crippen LogP) is 2.73. The van der Waals surface area contributed by atoms with Crippen LogP contribution in [-0.2, 0) is 7.05 Å². The Kier molecular flexibility index (Phi) is 5.22. The van der Waals surface area contributed by atoms with E-state index in [1.54, 1.807) is 0 Å². The summed E-state index contributed by atoms with van der Waals surface area (Å²) >= 11 is 0. The SMILES string of the molecule is CCNC(c1nccn1C)C(CC)(CC)N1CCCC1. The molecule has 0 aromatic carbocycles. The Hall–Kier alpha value is -0.870. The van der Waals surface area contributed by atoms with Gasteiger partial charge in [-0.15, -0.1) is 0 Å². The minimum absolute atomic E-state index is 0.186. The van der Waals surface area contributed by atoms with Gasteiger partial charge in [0.2, 0.25) is 0 Å². The van der Waals surface area contributed by atoms with Crippen LogP contribution in [0.1, 0.15) is 58.3 Å². The van der Waals surface area contributed by atoms with E-state index in [1.807, 2.05) is 6.20 Å². The molecule has 1 aromatic heterocycles. The van der Waals surface area contributed by atoms with E-state index in [9.17, 15) is 0 Å². The second kappa shape index (κ2) is 6.72. The molecule has 4 nitrogen and oxygen atoms in total. The summed E-state index contributed by atoms with van der Waals surface area (Å²) in [7, 11) is 2.10. The van der Waals surface area contributed by atoms with Crippen LogP contribution in [0.25, 0.3) is 0 Å². The van der Waals surface area contributed by atoms with Gasteiger partial charge in [0.15, 0.2) is 0 Å². The largest absolute Gasteiger partial charge is 0.337 e. The lowest BCUT2D eigenvalue weighted by Crippen LogP contribution is -2.55. The third kappa shape index (κ3) is 2.63. The Morgan fingerprint density at radius 2 is 1.90 bits per heavy atom. The van der Waals surface area contributed by atoms with E-state index in [0.717, 1.165) is 19.4 Å². The van der Waals surface area contributed by atoms with E-state index in [2.05, 4.69) is 53.8 Å². The lowest BCUT2D eigenvalue weighted by atomic mass is 9.82. The number of hydrogen-bond acceptors (Lipinski definition) is 3. The van der Waals surface area contributed by atoms with Crippen molar-refractivity contribution >= 4 is 0 Å². The molecular formula is C16H30N4. The quantitative estimate of drug-likeness (QED) is 0.832. The van der Waals surface area contributed by atoms with Crippen LogP contribution in [0.3, 0.4) is 0 Å². The van der Waals surface area contributed by atoms with Crippen molar-refractivity contribution in [2.45, 2.75) is 58.0 Å². The molecule has 1 unspecified atom stereocenters. The van der Waals surface area contributed by atoms with Crippen LogP contribution in [0, 0.1) is 0 Å². The van der Waals surface area contributed by atoms with E-state index in [4.69, 9.17) is 0 Å². The molecule has 2 rings (SSSR count). The van der Waals surface area contributed by atoms with E-state index >= 15 is 0 Å². The zero-order chi connectivity index (χ0) is 14.6. The van der Waals surface area contributed by atoms with E-state index in [0.29, 0.717) is 6.04 Å². The number of rotatable bonds is 7. The Labute approximate surface area is 123 Å². The summed E-state index contributed by atoms with van der Waals surface area (Å²) in [5.74, 6) is 1.17. The van der Waals surface area contributed by atoms with Gasteiger partial charge >= 0.3 is 0 Å². The molecule has 1 aliphatic heterocycles. The van der Waals surface area contributed by atoms with E-state index in [-0.39, 0.29) is 5.54 Å². The number of imidazole rings is 1. The zero-order valence-electron chi connectivity index (χ0n) is 13.5. The number of hydrogen-bond donors (Lipinski definition) is 1. The van der Waals surface area contributed by atoms with Crippen LogP contribution in [0.4, 0.5) is 0 Å². The average molecular weight is 278 g/mol. The Morgan fingerprint density at radius 3 is 2.35 bits per heavy atom. The number of aromatic nitrogens is 2. The van der Waals surface area contributed by atoms with Crippen molar-refractivity contribution in [1.29, 1.82) is 0 Å². The zero-order valence-corrected chi connectivity index (χ0v) is 13.5. The van der Waals surface area contributed by atoms with Crippen LogP contribution in [-0.4, -0.2) is 39.6 Å². The second-order valence-electron chi connectivity index (χ2n) is 5.89. The van der Waals surface area contributed by atoms with E-state index in [1.165, 1.54) is 31.8 Å². The van der Waals surface area contributed by atoms with Crippen LogP contribution < -0.4 is 5.32 Å². The molecule has 1 atom stereocenters. The summed E-state index contributed by atoms with van der Waals surface area (Å²) in [5.41, 5.74) is 0.186. The van der Waals surface area contributed by atoms with Crippen molar-refractivity contribution in [1.82, 2.24) is 19.8 Å². The molecule has 0 aliphatic carbocycles. The standard InChI is InChI=1S/C16H30N4/c1-5-16(6-2,20-11-8-9-12-20)14(17-7-3)15-18-10-13-19(15)4/h10,13-14,17H,5-9,11-12H2,1-4H3. The Balaban J connectivity index is 2.39. The Morgan fingerprint density at radius 1 is 1.25 bits per heavy atom. The maximum atomic E-state index is 4.64. The van der Waals surface area contributed by atoms with Crippen LogP contribution in [0.2, 0.25) is 0 Å². The van der Waals surface area contributed by atoms with Gasteiger partial charge in [0, 0.05) is 25.0 Å². The molecular weight excluding hydrogens is 248 g/mol. The normalized spacial score (nSPS) is 18.6. The molecule has 1 aromatic rings. The molecule has 114 valence electrons. The van der Waals surface area contributed by atoms with Gasteiger partial charge in [0.05, 0.1) is 6.04 Å². The fraction of sp³-hybridized carbons (Fsp3) is 0.812. The topological polar surface area (TPSA) is 33.1 Å². The lowest BCUT2D eigenvalue weighted by molar-refractivity contribution is 0.0579. The summed E-state index contributed by atoms with van der Waals surface area (Å²) < 4.78 is 2.17. The molecule has 1 N–H and O–H groups in total. The number of likely N-dealkylation sites (tertiary alicyclic amines) is 1. The summed E-state index contributed by atoms with van der Waals surface area (Å²) in [6.45, 7) is 10.3. The highest BCUT2D eigenvalue weighted by Gasteiger charge is 2.43. The van der Waals surface area contributed by atoms with E-state index < -0.39 is 0 Å². The Bertz CT molecular complexity index is 402. The minimum Gasteiger partial charge on any atom is -0.337 e. The summed E-state index contributed by atoms with van der Waals surface area (Å²) in [6.07, 6.45) is 8.96. The highest BCUT2D eigenvalue weighted by Crippen LogP contribution is 2.38. The van der Waals surface area contributed by atoms with Crippen molar-refractivity contribution in [2.24, 2.45) is 7.05 Å². The summed E-state index contributed by atoms with van der Waals surface area (Å²) in [6, 6.07) is 0.306. The molecule has 0 radical (unpaired) electrons. The smallest absolute Gasteiger partial charge is 0.127 e. The molecule has 0 amide bonds. The highest BCUT2D eigenvalue weighted by atomic mass is 15.3. The minimum atomic E-state index is 0.186. The van der Waals surface area contributed by atoms with Gasteiger partial charge in [-0.1, -0.05) is 20.8 Å². The van der Waals surface area contributed by atoms with Crippen molar-refractivity contribution in [3.63, 3.8) is 0 Å². The number of likely N-dealkylation sites (N-methyl/N-ethyl adjacent to an activating group) is 1. The summed E-state index contributed by atoms with van der Waals surface area (Å²) in [4.78, 5) is 7.35. The molecule has 0 bridgehead atoms. The van der Waals surface area contributed by atoms with Gasteiger partial charge in [-0.25, -0.2) is 4.98 Å². The van der Waals surface area contributed by atoms with Crippen molar-refractivity contribution in [3.8, 4) is 0 Å². The van der Waals surface area contributed by atoms with Gasteiger partial charge in [-0.05, 0) is 45.3 Å². The van der Waals surface area contributed by atoms with Crippen LogP contribution in [0.15, 0.2) is 12.4 Å². The van der Waals surface area contributed by atoms with Gasteiger partial charge in [-0.2, -0.15) is 0 Å². The first kappa shape index (κ1) is 15.5. The molecule has 1 saturated heterocycles. The van der Waals surface area contributed by atoms with Crippen molar-refractivity contribution in [2.75, 3.05) is 19.6 Å². The fourth-order valence-electron chi connectivity index (χ4n) is 3.83. The molecule has 4 heteroatoms. The second-order valence-corrected chi connectivity index (χ2v) is 5.89. The average Bonchev–Trinajstić information content (AvgIpc) is 3.11.